The zero-order chi connectivity index (χ0) is 20.1. The number of hydrogen-bond donors (Lipinski definition) is 1. The summed E-state index contributed by atoms with van der Waals surface area (Å²) in [5.74, 6) is 0. The van der Waals surface area contributed by atoms with E-state index in [1.165, 1.54) is 4.31 Å². The van der Waals surface area contributed by atoms with Gasteiger partial charge in [-0.05, 0) is 37.1 Å². The smallest absolute Gasteiger partial charge is 0.317 e. The predicted molar refractivity (Wildman–Crippen MR) is 110 cm³/mol. The first-order valence-corrected chi connectivity index (χ1v) is 11.0. The lowest BCUT2D eigenvalue weighted by molar-refractivity contribution is 0.200. The molecular weight excluding hydrogens is 398 g/mol. The standard InChI is InChI=1S/C20H24ClN3O3S/c1-16-7-9-18(10-8-16)28(26,27)24-12-4-11-23(13-14-24)20(25)22-15-17-5-2-3-6-19(17)21/h2-3,5-10H,4,11-15H2,1H3,(H,22,25). The van der Waals surface area contributed by atoms with E-state index >= 15 is 0 Å². The second-order valence-corrected chi connectivity index (χ2v) is 9.15. The molecule has 0 bridgehead atoms. The predicted octanol–water partition coefficient (Wildman–Crippen LogP) is 3.25. The number of rotatable bonds is 4. The van der Waals surface area contributed by atoms with E-state index in [0.717, 1.165) is 11.1 Å². The van der Waals surface area contributed by atoms with Crippen molar-refractivity contribution < 1.29 is 13.2 Å². The van der Waals surface area contributed by atoms with Crippen LogP contribution in [0.1, 0.15) is 17.5 Å². The van der Waals surface area contributed by atoms with Crippen molar-refractivity contribution in [2.75, 3.05) is 26.2 Å². The fourth-order valence-corrected chi connectivity index (χ4v) is 4.79. The van der Waals surface area contributed by atoms with Crippen LogP contribution in [-0.4, -0.2) is 49.8 Å². The van der Waals surface area contributed by atoms with Crippen LogP contribution >= 0.6 is 11.6 Å². The lowest BCUT2D eigenvalue weighted by Gasteiger charge is -2.22. The number of carbonyl (C=O) groups excluding carboxylic acids is 1. The van der Waals surface area contributed by atoms with Gasteiger partial charge in [-0.2, -0.15) is 4.31 Å². The molecule has 0 spiro atoms. The minimum atomic E-state index is -3.55. The highest BCUT2D eigenvalue weighted by atomic mass is 35.5. The summed E-state index contributed by atoms with van der Waals surface area (Å²) in [4.78, 5) is 14.4. The van der Waals surface area contributed by atoms with E-state index in [4.69, 9.17) is 11.6 Å². The highest BCUT2D eigenvalue weighted by Gasteiger charge is 2.28. The number of nitrogens with zero attached hydrogens (tertiary/aromatic N) is 2. The third-order valence-electron chi connectivity index (χ3n) is 4.79. The number of nitrogens with one attached hydrogen (secondary N) is 1. The van der Waals surface area contributed by atoms with Crippen molar-refractivity contribution in [1.29, 1.82) is 0 Å². The molecule has 1 saturated heterocycles. The number of halogens is 1. The molecule has 1 fully saturated rings. The summed E-state index contributed by atoms with van der Waals surface area (Å²) in [5, 5.41) is 3.47. The molecular formula is C20H24ClN3O3S. The summed E-state index contributed by atoms with van der Waals surface area (Å²) in [5.41, 5.74) is 1.85. The molecule has 0 radical (unpaired) electrons. The molecule has 0 aromatic heterocycles. The molecule has 28 heavy (non-hydrogen) atoms. The zero-order valence-electron chi connectivity index (χ0n) is 15.8. The van der Waals surface area contributed by atoms with Crippen molar-refractivity contribution in [1.82, 2.24) is 14.5 Å². The molecule has 8 heteroatoms. The molecule has 0 atom stereocenters. The summed E-state index contributed by atoms with van der Waals surface area (Å²) in [6.45, 7) is 3.77. The first-order chi connectivity index (χ1) is 13.4. The van der Waals surface area contributed by atoms with Crippen LogP contribution in [0.15, 0.2) is 53.4 Å². The third-order valence-corrected chi connectivity index (χ3v) is 7.07. The normalized spacial score (nSPS) is 15.9. The maximum Gasteiger partial charge on any atom is 0.317 e. The number of carbonyl (C=O) groups is 1. The monoisotopic (exact) mass is 421 g/mol. The molecule has 0 aliphatic carbocycles. The van der Waals surface area contributed by atoms with E-state index in [2.05, 4.69) is 5.32 Å². The summed E-state index contributed by atoms with van der Waals surface area (Å²) in [7, 11) is -3.55. The van der Waals surface area contributed by atoms with E-state index in [-0.39, 0.29) is 17.5 Å². The van der Waals surface area contributed by atoms with Crippen molar-refractivity contribution in [3.05, 3.63) is 64.7 Å². The lowest BCUT2D eigenvalue weighted by atomic mass is 10.2. The van der Waals surface area contributed by atoms with Crippen molar-refractivity contribution in [3.63, 3.8) is 0 Å². The molecule has 2 aromatic carbocycles. The molecule has 2 aromatic rings. The Morgan fingerprint density at radius 3 is 2.46 bits per heavy atom. The van der Waals surface area contributed by atoms with Gasteiger partial charge >= 0.3 is 6.03 Å². The average molecular weight is 422 g/mol. The van der Waals surface area contributed by atoms with E-state index in [0.29, 0.717) is 37.6 Å². The van der Waals surface area contributed by atoms with E-state index in [1.807, 2.05) is 25.1 Å². The molecule has 2 amide bonds. The Bertz CT molecular complexity index is 932. The van der Waals surface area contributed by atoms with Crippen molar-refractivity contribution in [2.24, 2.45) is 0 Å². The van der Waals surface area contributed by atoms with Gasteiger partial charge in [-0.25, -0.2) is 13.2 Å². The Morgan fingerprint density at radius 2 is 1.75 bits per heavy atom. The Morgan fingerprint density at radius 1 is 1.04 bits per heavy atom. The summed E-state index contributed by atoms with van der Waals surface area (Å²) in [6, 6.07) is 14.0. The van der Waals surface area contributed by atoms with Crippen LogP contribution in [0, 0.1) is 6.92 Å². The number of urea groups is 1. The minimum Gasteiger partial charge on any atom is -0.334 e. The topological polar surface area (TPSA) is 69.7 Å². The highest BCUT2D eigenvalue weighted by Crippen LogP contribution is 2.19. The Labute approximate surface area is 171 Å². The quantitative estimate of drug-likeness (QED) is 0.823. The molecule has 1 aliphatic heterocycles. The summed E-state index contributed by atoms with van der Waals surface area (Å²) < 4.78 is 27.2. The fourth-order valence-electron chi connectivity index (χ4n) is 3.12. The van der Waals surface area contributed by atoms with Gasteiger partial charge in [0, 0.05) is 37.7 Å². The minimum absolute atomic E-state index is 0.213. The lowest BCUT2D eigenvalue weighted by Crippen LogP contribution is -2.42. The van der Waals surface area contributed by atoms with Gasteiger partial charge in [0.2, 0.25) is 10.0 Å². The van der Waals surface area contributed by atoms with Gasteiger partial charge < -0.3 is 10.2 Å². The number of amides is 2. The summed E-state index contributed by atoms with van der Waals surface area (Å²) in [6.07, 6.45) is 0.588. The Balaban J connectivity index is 1.60. The van der Waals surface area contributed by atoms with Gasteiger partial charge in [-0.3, -0.25) is 0 Å². The molecule has 1 aliphatic rings. The fraction of sp³-hybridized carbons (Fsp3) is 0.350. The van der Waals surface area contributed by atoms with Gasteiger partial charge in [-0.1, -0.05) is 47.5 Å². The largest absolute Gasteiger partial charge is 0.334 e. The van der Waals surface area contributed by atoms with E-state index < -0.39 is 10.0 Å². The van der Waals surface area contributed by atoms with Crippen molar-refractivity contribution in [2.45, 2.75) is 24.8 Å². The second-order valence-electron chi connectivity index (χ2n) is 6.81. The Hall–Kier alpha value is -2.09. The van der Waals surface area contributed by atoms with Crippen LogP contribution in [0.2, 0.25) is 5.02 Å². The van der Waals surface area contributed by atoms with Gasteiger partial charge in [-0.15, -0.1) is 0 Å². The number of aryl methyl sites for hydroxylation is 1. The number of benzene rings is 2. The first-order valence-electron chi connectivity index (χ1n) is 9.21. The van der Waals surface area contributed by atoms with Gasteiger partial charge in [0.05, 0.1) is 4.90 Å². The third kappa shape index (κ3) is 4.84. The molecule has 0 unspecified atom stereocenters. The van der Waals surface area contributed by atoms with Crippen LogP contribution < -0.4 is 5.32 Å². The van der Waals surface area contributed by atoms with Gasteiger partial charge in [0.15, 0.2) is 0 Å². The molecule has 1 heterocycles. The van der Waals surface area contributed by atoms with Gasteiger partial charge in [0.1, 0.15) is 0 Å². The molecule has 6 nitrogen and oxygen atoms in total. The van der Waals surface area contributed by atoms with Gasteiger partial charge in [0.25, 0.3) is 0 Å². The van der Waals surface area contributed by atoms with Crippen molar-refractivity contribution >= 4 is 27.7 Å². The molecule has 0 saturated carbocycles. The SMILES string of the molecule is Cc1ccc(S(=O)(=O)N2CCCN(C(=O)NCc3ccccc3Cl)CC2)cc1. The molecule has 1 N–H and O–H groups in total. The van der Waals surface area contributed by atoms with Crippen LogP contribution in [-0.2, 0) is 16.6 Å². The maximum atomic E-state index is 12.9. The molecule has 150 valence electrons. The number of sulfonamides is 1. The van der Waals surface area contributed by atoms with Crippen molar-refractivity contribution in [3.8, 4) is 0 Å². The summed E-state index contributed by atoms with van der Waals surface area (Å²) >= 11 is 6.12. The number of hydrogen-bond acceptors (Lipinski definition) is 3. The Kier molecular flexibility index (Phi) is 6.59. The van der Waals surface area contributed by atoms with Crippen LogP contribution in [0.25, 0.3) is 0 Å². The zero-order valence-corrected chi connectivity index (χ0v) is 17.3. The average Bonchev–Trinajstić information content (AvgIpc) is 2.94. The van der Waals surface area contributed by atoms with Crippen LogP contribution in [0.4, 0.5) is 4.79 Å². The van der Waals surface area contributed by atoms with Crippen LogP contribution in [0.3, 0.4) is 0 Å². The van der Waals surface area contributed by atoms with E-state index in [9.17, 15) is 13.2 Å². The second kappa shape index (κ2) is 8.94. The first kappa shape index (κ1) is 20.6. The van der Waals surface area contributed by atoms with E-state index in [1.54, 1.807) is 35.2 Å². The maximum absolute atomic E-state index is 12.9. The molecule has 3 rings (SSSR count). The van der Waals surface area contributed by atoms with Crippen LogP contribution in [0.5, 0.6) is 0 Å². The highest BCUT2D eigenvalue weighted by molar-refractivity contribution is 7.89.